The summed E-state index contributed by atoms with van der Waals surface area (Å²) in [4.78, 5) is 0. The third-order valence-electron chi connectivity index (χ3n) is 8.09. The van der Waals surface area contributed by atoms with Crippen LogP contribution in [0.2, 0.25) is 0 Å². The number of allylic oxidation sites excluding steroid dienone is 1. The summed E-state index contributed by atoms with van der Waals surface area (Å²) in [6.07, 6.45) is 13.5. The Hall–Kier alpha value is 0.276. The molecule has 344 valence electrons. The second kappa shape index (κ2) is 41.9. The summed E-state index contributed by atoms with van der Waals surface area (Å²) in [5.41, 5.74) is 2.89. The summed E-state index contributed by atoms with van der Waals surface area (Å²) in [6, 6.07) is 8.58. The molecule has 0 aromatic heterocycles. The van der Waals surface area contributed by atoms with E-state index >= 15 is 0 Å². The number of hydrogen-bond donors (Lipinski definition) is 1. The molecule has 3 heterocycles. The number of aliphatic hydroxyl groups excluding tert-OH is 1. The number of aryl methyl sites for hydroxylation is 1. The first kappa shape index (κ1) is 60.3. The molecule has 0 spiro atoms. The largest absolute Gasteiger partial charge is 1.00 e. The Morgan fingerprint density at radius 1 is 0.700 bits per heavy atom. The fourth-order valence-corrected chi connectivity index (χ4v) is 7.74. The second-order valence-corrected chi connectivity index (χ2v) is 17.0. The molecular weight excluding hydrogens is 845 g/mol. The molecule has 1 aromatic carbocycles. The molecular formula is C42H76KO15P2+. The number of hydrogen-bond acceptors (Lipinski definition) is 15. The fourth-order valence-electron chi connectivity index (χ4n) is 5.26. The van der Waals surface area contributed by atoms with Crippen molar-refractivity contribution in [1.82, 2.24) is 0 Å². The molecule has 18 heteroatoms. The van der Waals surface area contributed by atoms with Crippen molar-refractivity contribution in [1.29, 1.82) is 0 Å². The van der Waals surface area contributed by atoms with Crippen LogP contribution in [0, 0.1) is 0 Å². The second-order valence-electron chi connectivity index (χ2n) is 12.9. The zero-order chi connectivity index (χ0) is 43.1. The van der Waals surface area contributed by atoms with Crippen molar-refractivity contribution >= 4 is 21.3 Å². The minimum Gasteiger partial charge on any atom is -0.394 e. The van der Waals surface area contributed by atoms with E-state index in [9.17, 15) is 9.13 Å². The first-order valence-electron chi connectivity index (χ1n) is 21.3. The maximum absolute atomic E-state index is 12.2. The van der Waals surface area contributed by atoms with Crippen LogP contribution in [-0.2, 0) is 71.5 Å². The van der Waals surface area contributed by atoms with Gasteiger partial charge in [0.2, 0.25) is 0 Å². The maximum Gasteiger partial charge on any atom is 1.00 e. The number of ether oxygens (including phenoxy) is 8. The molecule has 1 N–H and O–H groups in total. The van der Waals surface area contributed by atoms with Crippen molar-refractivity contribution in [3.8, 4) is 0 Å². The molecule has 4 aliphatic rings. The van der Waals surface area contributed by atoms with Gasteiger partial charge in [-0.15, -0.1) is 0 Å². The summed E-state index contributed by atoms with van der Waals surface area (Å²) in [6.45, 7) is 19.3. The predicted octanol–water partition coefficient (Wildman–Crippen LogP) is 5.43. The van der Waals surface area contributed by atoms with E-state index in [0.29, 0.717) is 79.3 Å². The predicted molar refractivity (Wildman–Crippen MR) is 230 cm³/mol. The molecule has 0 bridgehead atoms. The van der Waals surface area contributed by atoms with Gasteiger partial charge in [-0.05, 0) is 90.2 Å². The minimum atomic E-state index is -3.01. The van der Waals surface area contributed by atoms with Gasteiger partial charge in [0.25, 0.3) is 0 Å². The molecule has 3 fully saturated rings. The molecule has 0 amide bonds. The van der Waals surface area contributed by atoms with Gasteiger partial charge in [0, 0.05) is 19.0 Å². The van der Waals surface area contributed by atoms with Crippen molar-refractivity contribution in [3.63, 3.8) is 0 Å². The number of aliphatic hydroxyl groups is 1. The van der Waals surface area contributed by atoms with Crippen molar-refractivity contribution in [2.75, 3.05) is 118 Å². The third-order valence-corrected chi connectivity index (χ3v) is 11.8. The molecule has 1 aliphatic carbocycles. The average molecular weight is 922 g/mol. The Bertz CT molecular complexity index is 1220. The van der Waals surface area contributed by atoms with E-state index in [-0.39, 0.29) is 76.7 Å². The van der Waals surface area contributed by atoms with E-state index in [4.69, 9.17) is 56.4 Å². The normalized spacial score (nSPS) is 17.9. The average Bonchev–Trinajstić information content (AvgIpc) is 4.16. The van der Waals surface area contributed by atoms with Gasteiger partial charge < -0.3 is 61.1 Å². The molecule has 5 rings (SSSR count). The maximum atomic E-state index is 12.2. The van der Waals surface area contributed by atoms with E-state index in [0.717, 1.165) is 58.5 Å². The molecule has 3 aliphatic heterocycles. The monoisotopic (exact) mass is 921 g/mol. The van der Waals surface area contributed by atoms with Crippen LogP contribution in [0.5, 0.6) is 0 Å². The van der Waals surface area contributed by atoms with E-state index in [1.54, 1.807) is 27.7 Å². The molecule has 15 nitrogen and oxygen atoms in total. The Labute approximate surface area is 403 Å². The number of fused-ring (bicyclic) bond motifs is 1. The van der Waals surface area contributed by atoms with Crippen LogP contribution >= 0.6 is 15.2 Å². The van der Waals surface area contributed by atoms with E-state index in [2.05, 4.69) is 47.7 Å². The van der Waals surface area contributed by atoms with Gasteiger partial charge in [0.1, 0.15) is 0 Å². The smallest absolute Gasteiger partial charge is 0.394 e. The molecule has 1 aromatic rings. The zero-order valence-electron chi connectivity index (χ0n) is 37.3. The molecule has 2 unspecified atom stereocenters. The number of benzene rings is 1. The Morgan fingerprint density at radius 3 is 1.65 bits per heavy atom. The van der Waals surface area contributed by atoms with E-state index in [1.807, 2.05) is 0 Å². The van der Waals surface area contributed by atoms with Crippen molar-refractivity contribution in [3.05, 3.63) is 53.9 Å². The summed E-state index contributed by atoms with van der Waals surface area (Å²) in [5.74, 6) is 1.22. The standard InChI is InChI=1S/C17H35O8P.C10H10.C7H14O3.C6H13O3P.C2H4O.K/c1-3-24-26(18,25-4-2)16-15-21-12-11-19-9-10-20-13-14-23-17-7-5-6-8-22-17;1-2-6-10-8-4-3-7-9(10)5-1;8-4-6-10-7-3-1-2-5-9-7;1-4-8-10(7,6-3)9-5-2;1-2-3-1;/h17H,3-16H2,1-2H3;1-3,5-7H,4,8H2;7-8H,1-6H2;6H,3-5H2,1-2H3;1-2H2;/q;;;;;+1. The van der Waals surface area contributed by atoms with Crippen molar-refractivity contribution in [2.45, 2.75) is 91.6 Å². The quantitative estimate of drug-likeness (QED) is 0.0570. The Kier molecular flexibility index (Phi) is 42.1. The number of rotatable bonds is 25. The Morgan fingerprint density at radius 2 is 1.20 bits per heavy atom. The van der Waals surface area contributed by atoms with Gasteiger partial charge in [-0.2, -0.15) is 0 Å². The van der Waals surface area contributed by atoms with Gasteiger partial charge in [-0.3, -0.25) is 9.13 Å². The topological polar surface area (TPSA) is 168 Å². The van der Waals surface area contributed by atoms with Crippen molar-refractivity contribution < 1.29 is 122 Å². The van der Waals surface area contributed by atoms with Gasteiger partial charge in [0.15, 0.2) is 12.6 Å². The van der Waals surface area contributed by atoms with Crippen molar-refractivity contribution in [2.24, 2.45) is 0 Å². The zero-order valence-corrected chi connectivity index (χ0v) is 42.3. The summed E-state index contributed by atoms with van der Waals surface area (Å²) in [7, 11) is -5.95. The summed E-state index contributed by atoms with van der Waals surface area (Å²) in [5, 5.41) is 8.42. The fraction of sp³-hybridized carbons (Fsp3) is 0.762. The first-order chi connectivity index (χ1) is 28.8. The first-order valence-corrected chi connectivity index (χ1v) is 24.7. The minimum absolute atomic E-state index is 0. The summed E-state index contributed by atoms with van der Waals surface area (Å²) >= 11 is 0. The van der Waals surface area contributed by atoms with Gasteiger partial charge in [-0.1, -0.05) is 43.0 Å². The molecule has 0 saturated carbocycles. The van der Waals surface area contributed by atoms with Crippen LogP contribution in [0.25, 0.3) is 6.08 Å². The van der Waals surface area contributed by atoms with Gasteiger partial charge in [-0.25, -0.2) is 0 Å². The molecule has 60 heavy (non-hydrogen) atoms. The molecule has 2 atom stereocenters. The van der Waals surface area contributed by atoms with Gasteiger partial charge in [0.05, 0.1) is 105 Å². The van der Waals surface area contributed by atoms with Crippen LogP contribution in [0.1, 0.15) is 83.8 Å². The van der Waals surface area contributed by atoms with Crippen LogP contribution in [0.15, 0.2) is 42.7 Å². The van der Waals surface area contributed by atoms with Crippen LogP contribution < -0.4 is 51.4 Å². The van der Waals surface area contributed by atoms with E-state index in [1.165, 1.54) is 36.2 Å². The summed E-state index contributed by atoms with van der Waals surface area (Å²) < 4.78 is 85.6. The molecule has 3 saturated heterocycles. The number of epoxide rings is 1. The SMILES string of the molecule is C1=Cc2ccccc2CC1.C1CO1.C=CP(=O)(OCC)OCC.CCOP(=O)(CCOCCOCCOCCOC1CCCCO1)OCC.OCCOC1CCCCO1.[K+]. The van der Waals surface area contributed by atoms with Gasteiger partial charge >= 0.3 is 66.6 Å². The van der Waals surface area contributed by atoms with E-state index < -0.39 is 15.2 Å². The Balaban J connectivity index is 0.000000836. The van der Waals surface area contributed by atoms with Crippen LogP contribution in [-0.4, -0.2) is 136 Å². The third kappa shape index (κ3) is 34.7. The van der Waals surface area contributed by atoms with Crippen LogP contribution in [0.4, 0.5) is 0 Å². The van der Waals surface area contributed by atoms with Crippen LogP contribution in [0.3, 0.4) is 0 Å². The molecule has 0 radical (unpaired) electrons.